The number of fused-ring (bicyclic) bond motifs is 7. The molecule has 0 saturated heterocycles. The second-order valence-electron chi connectivity index (χ2n) is 17.3. The largest absolute Gasteiger partial charge is 0.310 e. The first-order chi connectivity index (χ1) is 31.0. The number of benzene rings is 10. The van der Waals surface area contributed by atoms with Gasteiger partial charge in [-0.25, -0.2) is 0 Å². The Hall–Kier alpha value is -7.94. The molecule has 0 saturated carbocycles. The monoisotopic (exact) mass is 804 g/mol. The van der Waals surface area contributed by atoms with Crippen LogP contribution in [0, 0.1) is 0 Å². The first-order valence-corrected chi connectivity index (χ1v) is 21.9. The van der Waals surface area contributed by atoms with Gasteiger partial charge in [-0.15, -0.1) is 0 Å². The number of para-hydroxylation sites is 2. The third kappa shape index (κ3) is 5.94. The molecule has 0 N–H and O–H groups in total. The zero-order valence-electron chi connectivity index (χ0n) is 35.3. The molecule has 298 valence electrons. The summed E-state index contributed by atoms with van der Waals surface area (Å²) < 4.78 is 0. The van der Waals surface area contributed by atoms with E-state index in [-0.39, 0.29) is 5.41 Å². The van der Waals surface area contributed by atoms with Crippen LogP contribution in [-0.2, 0) is 5.41 Å². The van der Waals surface area contributed by atoms with Crippen molar-refractivity contribution in [1.29, 1.82) is 0 Å². The Morgan fingerprint density at radius 2 is 0.857 bits per heavy atom. The lowest BCUT2D eigenvalue weighted by Crippen LogP contribution is -2.17. The van der Waals surface area contributed by atoms with Crippen LogP contribution in [0.15, 0.2) is 231 Å². The molecule has 10 aromatic carbocycles. The van der Waals surface area contributed by atoms with E-state index in [9.17, 15) is 0 Å². The van der Waals surface area contributed by atoms with Crippen molar-refractivity contribution in [3.63, 3.8) is 0 Å². The van der Waals surface area contributed by atoms with Crippen molar-refractivity contribution in [2.24, 2.45) is 0 Å². The van der Waals surface area contributed by atoms with Gasteiger partial charge in [0.05, 0.1) is 17.1 Å². The molecule has 0 atom stereocenters. The summed E-state index contributed by atoms with van der Waals surface area (Å²) in [6.07, 6.45) is 0. The molecule has 1 heterocycles. The summed E-state index contributed by atoms with van der Waals surface area (Å²) in [6, 6.07) is 84.8. The molecule has 0 spiro atoms. The van der Waals surface area contributed by atoms with E-state index in [1.54, 1.807) is 0 Å². The number of hydrogen-bond donors (Lipinski definition) is 0. The molecule has 2 nitrogen and oxygen atoms in total. The Bertz CT molecular complexity index is 3310. The maximum Gasteiger partial charge on any atom is 0.0540 e. The smallest absolute Gasteiger partial charge is 0.0540 e. The van der Waals surface area contributed by atoms with Gasteiger partial charge in [0, 0.05) is 39.0 Å². The number of anilines is 6. The highest BCUT2D eigenvalue weighted by Gasteiger charge is 2.36. The summed E-state index contributed by atoms with van der Waals surface area (Å²) in [5.74, 6) is 0. The van der Waals surface area contributed by atoms with Crippen LogP contribution < -0.4 is 9.80 Å². The average Bonchev–Trinajstić information content (AvgIpc) is 3.57. The second kappa shape index (κ2) is 14.6. The maximum atomic E-state index is 2.48. The van der Waals surface area contributed by atoms with Gasteiger partial charge in [0.1, 0.15) is 0 Å². The van der Waals surface area contributed by atoms with Gasteiger partial charge in [-0.3, -0.25) is 0 Å². The minimum absolute atomic E-state index is 0.138. The van der Waals surface area contributed by atoms with Crippen molar-refractivity contribution >= 4 is 44.9 Å². The van der Waals surface area contributed by atoms with Gasteiger partial charge in [-0.2, -0.15) is 0 Å². The average molecular weight is 805 g/mol. The molecule has 1 aliphatic carbocycles. The summed E-state index contributed by atoms with van der Waals surface area (Å²) in [7, 11) is 0. The highest BCUT2D eigenvalue weighted by atomic mass is 15.2. The standard InChI is InChI=1S/C61H44N2/c1-61(2)55-28-12-9-23-48(55)49-36-35-47(40-56(49)61)62(45-33-31-43(32-34-45)41-17-5-3-6-18-41)59-38-37-53-51-25-11-14-30-58(51)63(46-22-15-21-44(39-46)42-19-7-4-8-20-42)57-29-13-10-24-50(57)52-26-16-27-54(59)60(52)53/h3-40H,1-2H3. The van der Waals surface area contributed by atoms with Crippen LogP contribution in [0.25, 0.3) is 66.4 Å². The predicted octanol–water partition coefficient (Wildman–Crippen LogP) is 17.1. The zero-order valence-corrected chi connectivity index (χ0v) is 35.3. The minimum atomic E-state index is -0.138. The van der Waals surface area contributed by atoms with Crippen LogP contribution in [0.5, 0.6) is 0 Å². The van der Waals surface area contributed by atoms with Crippen LogP contribution in [0.3, 0.4) is 0 Å². The van der Waals surface area contributed by atoms with Crippen LogP contribution >= 0.6 is 0 Å². The predicted molar refractivity (Wildman–Crippen MR) is 266 cm³/mol. The van der Waals surface area contributed by atoms with Crippen LogP contribution in [0.1, 0.15) is 25.0 Å². The molecule has 2 aliphatic rings. The number of hydrogen-bond acceptors (Lipinski definition) is 2. The minimum Gasteiger partial charge on any atom is -0.310 e. The maximum absolute atomic E-state index is 2.48. The molecule has 10 aromatic rings. The number of nitrogens with zero attached hydrogens (tertiary/aromatic N) is 2. The summed E-state index contributed by atoms with van der Waals surface area (Å²) in [5.41, 5.74) is 21.6. The van der Waals surface area contributed by atoms with Crippen LogP contribution in [-0.4, -0.2) is 0 Å². The molecular formula is C61H44N2. The highest BCUT2D eigenvalue weighted by Crippen LogP contribution is 2.55. The summed E-state index contributed by atoms with van der Waals surface area (Å²) in [4.78, 5) is 4.94. The van der Waals surface area contributed by atoms with E-state index in [4.69, 9.17) is 0 Å². The topological polar surface area (TPSA) is 6.48 Å². The third-order valence-electron chi connectivity index (χ3n) is 13.4. The Morgan fingerprint density at radius 3 is 1.57 bits per heavy atom. The van der Waals surface area contributed by atoms with Gasteiger partial charge < -0.3 is 9.80 Å². The van der Waals surface area contributed by atoms with E-state index in [1.807, 2.05) is 0 Å². The Kier molecular flexibility index (Phi) is 8.55. The molecule has 1 aliphatic heterocycles. The third-order valence-corrected chi connectivity index (χ3v) is 13.4. The normalized spacial score (nSPS) is 13.0. The van der Waals surface area contributed by atoms with Crippen molar-refractivity contribution in [3.05, 3.63) is 242 Å². The van der Waals surface area contributed by atoms with Crippen LogP contribution in [0.4, 0.5) is 34.1 Å². The van der Waals surface area contributed by atoms with Crippen LogP contribution in [0.2, 0.25) is 0 Å². The first-order valence-electron chi connectivity index (χ1n) is 21.9. The molecule has 0 unspecified atom stereocenters. The summed E-state index contributed by atoms with van der Waals surface area (Å²) >= 11 is 0. The van der Waals surface area contributed by atoms with Crippen molar-refractivity contribution < 1.29 is 0 Å². The zero-order chi connectivity index (χ0) is 42.1. The molecule has 63 heavy (non-hydrogen) atoms. The fraction of sp³-hybridized carbons (Fsp3) is 0.0492. The van der Waals surface area contributed by atoms with E-state index in [1.165, 1.54) is 77.5 Å². The summed E-state index contributed by atoms with van der Waals surface area (Å²) in [6.45, 7) is 4.73. The fourth-order valence-electron chi connectivity index (χ4n) is 10.4. The molecule has 0 amide bonds. The van der Waals surface area contributed by atoms with E-state index < -0.39 is 0 Å². The molecule has 0 fully saturated rings. The van der Waals surface area contributed by atoms with E-state index >= 15 is 0 Å². The SMILES string of the molecule is CC1(C)c2ccccc2-c2ccc(N(c3ccc(-c4ccccc4)cc3)c3ccc4c5c(cccc35)-c3ccccc3N(c3cccc(-c5ccccc5)c3)c3ccccc3-4)cc21. The van der Waals surface area contributed by atoms with E-state index in [2.05, 4.69) is 254 Å². The van der Waals surface area contributed by atoms with Crippen molar-refractivity contribution in [1.82, 2.24) is 0 Å². The van der Waals surface area contributed by atoms with Gasteiger partial charge in [-0.05, 0) is 116 Å². The van der Waals surface area contributed by atoms with Gasteiger partial charge in [0.15, 0.2) is 0 Å². The van der Waals surface area contributed by atoms with Gasteiger partial charge in [0.2, 0.25) is 0 Å². The highest BCUT2D eigenvalue weighted by molar-refractivity contribution is 6.17. The molecule has 0 bridgehead atoms. The summed E-state index contributed by atoms with van der Waals surface area (Å²) in [5, 5.41) is 2.44. The Balaban J connectivity index is 1.09. The fourth-order valence-corrected chi connectivity index (χ4v) is 10.4. The molecule has 12 rings (SSSR count). The van der Waals surface area contributed by atoms with Gasteiger partial charge in [-0.1, -0.05) is 190 Å². The van der Waals surface area contributed by atoms with E-state index in [0.717, 1.165) is 34.1 Å². The lowest BCUT2D eigenvalue weighted by Gasteiger charge is -2.34. The van der Waals surface area contributed by atoms with Crippen molar-refractivity contribution in [2.75, 3.05) is 9.80 Å². The lowest BCUT2D eigenvalue weighted by atomic mass is 9.82. The Morgan fingerprint density at radius 1 is 0.349 bits per heavy atom. The van der Waals surface area contributed by atoms with E-state index in [0.29, 0.717) is 0 Å². The lowest BCUT2D eigenvalue weighted by molar-refractivity contribution is 0.660. The quantitative estimate of drug-likeness (QED) is 0.165. The van der Waals surface area contributed by atoms with Gasteiger partial charge in [0.25, 0.3) is 0 Å². The van der Waals surface area contributed by atoms with Crippen molar-refractivity contribution in [2.45, 2.75) is 19.3 Å². The Labute approximate surface area is 369 Å². The van der Waals surface area contributed by atoms with Crippen molar-refractivity contribution in [3.8, 4) is 55.6 Å². The second-order valence-corrected chi connectivity index (χ2v) is 17.3. The molecule has 0 radical (unpaired) electrons. The molecule has 0 aromatic heterocycles. The number of rotatable bonds is 6. The van der Waals surface area contributed by atoms with Gasteiger partial charge >= 0.3 is 0 Å². The molecular weight excluding hydrogens is 761 g/mol. The first kappa shape index (κ1) is 36.9. The molecule has 2 heteroatoms.